The number of anilines is 1. The van der Waals surface area contributed by atoms with Crippen molar-refractivity contribution in [1.29, 1.82) is 0 Å². The summed E-state index contributed by atoms with van der Waals surface area (Å²) in [7, 11) is 4.18. The summed E-state index contributed by atoms with van der Waals surface area (Å²) < 4.78 is 0. The molecule has 0 aliphatic rings. The average molecular weight is 247 g/mol. The monoisotopic (exact) mass is 247 g/mol. The molecule has 0 fully saturated rings. The molecular weight excluding hydrogens is 218 g/mol. The van der Waals surface area contributed by atoms with Crippen LogP contribution in [-0.4, -0.2) is 14.1 Å². The van der Waals surface area contributed by atoms with Gasteiger partial charge in [-0.15, -0.1) is 0 Å². The van der Waals surface area contributed by atoms with E-state index < -0.39 is 0 Å². The first kappa shape index (κ1) is 15.1. The smallest absolute Gasteiger partial charge is 0.0361 e. The fourth-order valence-corrected chi connectivity index (χ4v) is 2.25. The summed E-state index contributed by atoms with van der Waals surface area (Å²) in [5.41, 5.74) is 2.77. The van der Waals surface area contributed by atoms with Crippen LogP contribution in [0.3, 0.4) is 0 Å². The molecule has 1 heteroatoms. The lowest BCUT2D eigenvalue weighted by molar-refractivity contribution is 0.589. The molecule has 18 heavy (non-hydrogen) atoms. The molecule has 1 aromatic carbocycles. The second-order valence-corrected chi connectivity index (χ2v) is 5.43. The minimum absolute atomic E-state index is 1.24. The molecule has 1 nitrogen and oxygen atoms in total. The van der Waals surface area contributed by atoms with Crippen molar-refractivity contribution < 1.29 is 0 Å². The average Bonchev–Trinajstić information content (AvgIpc) is 2.38. The number of nitrogens with zero attached hydrogens (tertiary/aromatic N) is 1. The predicted molar refractivity (Wildman–Crippen MR) is 82.5 cm³/mol. The van der Waals surface area contributed by atoms with Gasteiger partial charge in [0.25, 0.3) is 0 Å². The Morgan fingerprint density at radius 3 is 1.89 bits per heavy atom. The highest BCUT2D eigenvalue weighted by Crippen LogP contribution is 2.15. The zero-order chi connectivity index (χ0) is 13.2. The highest BCUT2D eigenvalue weighted by molar-refractivity contribution is 5.45. The number of benzene rings is 1. The van der Waals surface area contributed by atoms with Crippen LogP contribution < -0.4 is 4.90 Å². The Morgan fingerprint density at radius 1 is 0.778 bits per heavy atom. The van der Waals surface area contributed by atoms with Crippen molar-refractivity contribution in [2.24, 2.45) is 0 Å². The van der Waals surface area contributed by atoms with Gasteiger partial charge in [-0.3, -0.25) is 0 Å². The van der Waals surface area contributed by atoms with Crippen molar-refractivity contribution in [1.82, 2.24) is 0 Å². The second kappa shape index (κ2) is 9.02. The van der Waals surface area contributed by atoms with E-state index >= 15 is 0 Å². The summed E-state index contributed by atoms with van der Waals surface area (Å²) in [5, 5.41) is 0. The Bertz CT molecular complexity index is 300. The van der Waals surface area contributed by atoms with Crippen LogP contribution in [0, 0.1) is 0 Å². The van der Waals surface area contributed by atoms with Crippen molar-refractivity contribution in [3.05, 3.63) is 29.8 Å². The van der Waals surface area contributed by atoms with Crippen LogP contribution in [0.1, 0.15) is 57.4 Å². The normalized spacial score (nSPS) is 10.6. The molecule has 0 N–H and O–H groups in total. The standard InChI is InChI=1S/C17H29N/c1-4-5-6-7-8-9-10-11-16-12-14-17(15-13-16)18(2)3/h12-15H,4-11H2,1-3H3. The van der Waals surface area contributed by atoms with Crippen LogP contribution in [0.25, 0.3) is 0 Å². The third kappa shape index (κ3) is 6.09. The van der Waals surface area contributed by atoms with Gasteiger partial charge in [0, 0.05) is 19.8 Å². The summed E-state index contributed by atoms with van der Waals surface area (Å²) in [5.74, 6) is 0. The van der Waals surface area contributed by atoms with E-state index in [4.69, 9.17) is 0 Å². The third-order valence-electron chi connectivity index (χ3n) is 3.52. The lowest BCUT2D eigenvalue weighted by Gasteiger charge is -2.12. The van der Waals surface area contributed by atoms with Gasteiger partial charge in [-0.2, -0.15) is 0 Å². The number of rotatable bonds is 9. The summed E-state index contributed by atoms with van der Waals surface area (Å²) in [6.45, 7) is 2.28. The minimum atomic E-state index is 1.24. The van der Waals surface area contributed by atoms with Crippen LogP contribution in [0.5, 0.6) is 0 Å². The molecule has 1 rings (SSSR count). The zero-order valence-electron chi connectivity index (χ0n) is 12.4. The Morgan fingerprint density at radius 2 is 1.33 bits per heavy atom. The van der Waals surface area contributed by atoms with Crippen LogP contribution in [0.4, 0.5) is 5.69 Å². The van der Waals surface area contributed by atoms with E-state index in [9.17, 15) is 0 Å². The third-order valence-corrected chi connectivity index (χ3v) is 3.52. The molecular formula is C17H29N. The molecule has 0 aromatic heterocycles. The molecule has 0 spiro atoms. The van der Waals surface area contributed by atoms with Gasteiger partial charge < -0.3 is 4.90 Å². The van der Waals surface area contributed by atoms with Gasteiger partial charge in [0.1, 0.15) is 0 Å². The molecule has 0 aliphatic carbocycles. The van der Waals surface area contributed by atoms with Gasteiger partial charge in [0.15, 0.2) is 0 Å². The molecule has 0 saturated heterocycles. The Labute approximate surface area is 113 Å². The van der Waals surface area contributed by atoms with Crippen molar-refractivity contribution in [2.75, 3.05) is 19.0 Å². The maximum atomic E-state index is 2.28. The van der Waals surface area contributed by atoms with E-state index in [1.807, 2.05) is 0 Å². The van der Waals surface area contributed by atoms with Gasteiger partial charge in [0.2, 0.25) is 0 Å². The van der Waals surface area contributed by atoms with E-state index in [1.165, 1.54) is 62.6 Å². The molecule has 0 unspecified atom stereocenters. The second-order valence-electron chi connectivity index (χ2n) is 5.43. The molecule has 0 heterocycles. The largest absolute Gasteiger partial charge is 0.378 e. The van der Waals surface area contributed by atoms with Gasteiger partial charge in [0.05, 0.1) is 0 Å². The summed E-state index contributed by atoms with van der Waals surface area (Å²) in [4.78, 5) is 2.15. The minimum Gasteiger partial charge on any atom is -0.378 e. The highest BCUT2D eigenvalue weighted by atomic mass is 15.1. The maximum Gasteiger partial charge on any atom is 0.0361 e. The lowest BCUT2D eigenvalue weighted by Crippen LogP contribution is -2.08. The van der Waals surface area contributed by atoms with Crippen LogP contribution in [0.15, 0.2) is 24.3 Å². The van der Waals surface area contributed by atoms with Crippen molar-refractivity contribution in [3.8, 4) is 0 Å². The fourth-order valence-electron chi connectivity index (χ4n) is 2.25. The van der Waals surface area contributed by atoms with Crippen molar-refractivity contribution >= 4 is 5.69 Å². The topological polar surface area (TPSA) is 3.24 Å². The first-order valence-electron chi connectivity index (χ1n) is 7.50. The van der Waals surface area contributed by atoms with Gasteiger partial charge in [-0.05, 0) is 30.5 Å². The number of hydrogen-bond acceptors (Lipinski definition) is 1. The molecule has 0 amide bonds. The van der Waals surface area contributed by atoms with E-state index in [2.05, 4.69) is 50.2 Å². The van der Waals surface area contributed by atoms with E-state index in [0.717, 1.165) is 0 Å². The summed E-state index contributed by atoms with van der Waals surface area (Å²) in [6.07, 6.45) is 11.0. The Hall–Kier alpha value is -0.980. The quantitative estimate of drug-likeness (QED) is 0.552. The van der Waals surface area contributed by atoms with Gasteiger partial charge in [-0.25, -0.2) is 0 Å². The zero-order valence-corrected chi connectivity index (χ0v) is 12.4. The fraction of sp³-hybridized carbons (Fsp3) is 0.647. The SMILES string of the molecule is CCCCCCCCCc1ccc(N(C)C)cc1. The number of unbranched alkanes of at least 4 members (excludes halogenated alkanes) is 6. The molecule has 0 atom stereocenters. The van der Waals surface area contributed by atoms with Crippen LogP contribution in [0.2, 0.25) is 0 Å². The molecule has 1 aromatic rings. The molecule has 0 saturated carbocycles. The van der Waals surface area contributed by atoms with Gasteiger partial charge >= 0.3 is 0 Å². The molecule has 102 valence electrons. The highest BCUT2D eigenvalue weighted by Gasteiger charge is 1.97. The van der Waals surface area contributed by atoms with E-state index in [0.29, 0.717) is 0 Å². The van der Waals surface area contributed by atoms with Crippen molar-refractivity contribution in [2.45, 2.75) is 58.3 Å². The van der Waals surface area contributed by atoms with Crippen LogP contribution >= 0.6 is 0 Å². The molecule has 0 aliphatic heterocycles. The first-order chi connectivity index (χ1) is 8.74. The van der Waals surface area contributed by atoms with E-state index in [-0.39, 0.29) is 0 Å². The number of hydrogen-bond donors (Lipinski definition) is 0. The molecule has 0 bridgehead atoms. The van der Waals surface area contributed by atoms with Gasteiger partial charge in [-0.1, -0.05) is 57.6 Å². The number of aryl methyl sites for hydroxylation is 1. The first-order valence-corrected chi connectivity index (χ1v) is 7.50. The van der Waals surface area contributed by atoms with Crippen molar-refractivity contribution in [3.63, 3.8) is 0 Å². The summed E-state index contributed by atoms with van der Waals surface area (Å²) >= 11 is 0. The van der Waals surface area contributed by atoms with E-state index in [1.54, 1.807) is 0 Å². The Balaban J connectivity index is 2.12. The molecule has 0 radical (unpaired) electrons. The summed E-state index contributed by atoms with van der Waals surface area (Å²) in [6, 6.07) is 8.98. The Kier molecular flexibility index (Phi) is 7.55. The predicted octanol–water partition coefficient (Wildman–Crippen LogP) is 5.05. The lowest BCUT2D eigenvalue weighted by atomic mass is 10.0. The van der Waals surface area contributed by atoms with Crippen LogP contribution in [-0.2, 0) is 6.42 Å². The maximum absolute atomic E-state index is 2.28.